The average Bonchev–Trinajstić information content (AvgIpc) is 2.34. The van der Waals surface area contributed by atoms with Gasteiger partial charge in [-0.25, -0.2) is 8.42 Å². The molecule has 0 heterocycles. The molecule has 0 N–H and O–H groups in total. The Morgan fingerprint density at radius 1 is 1.43 bits per heavy atom. The van der Waals surface area contributed by atoms with Gasteiger partial charge in [0.05, 0.1) is 9.95 Å². The SMILES string of the molecule is C=CCN(C(C)(C)C)S(=O)(=O)c1cc([N+](=O)[O-])ccc1Cl. The van der Waals surface area contributed by atoms with Crippen LogP contribution in [0, 0.1) is 10.1 Å². The van der Waals surface area contributed by atoms with Gasteiger partial charge in [0.2, 0.25) is 10.0 Å². The number of halogens is 1. The standard InChI is InChI=1S/C13H17ClN2O4S/c1-5-8-15(13(2,3)4)21(19,20)12-9-10(16(17)18)6-7-11(12)14/h5-7,9H,1,8H2,2-4H3. The van der Waals surface area contributed by atoms with Crippen molar-refractivity contribution in [1.29, 1.82) is 0 Å². The number of non-ortho nitro benzene ring substituents is 1. The Hall–Kier alpha value is -1.44. The summed E-state index contributed by atoms with van der Waals surface area (Å²) in [6, 6.07) is 3.34. The number of nitrogens with zero attached hydrogens (tertiary/aromatic N) is 2. The molecule has 0 atom stereocenters. The monoisotopic (exact) mass is 332 g/mol. The van der Waals surface area contributed by atoms with Gasteiger partial charge in [0.1, 0.15) is 4.90 Å². The first kappa shape index (κ1) is 17.6. The van der Waals surface area contributed by atoms with Crippen molar-refractivity contribution in [3.05, 3.63) is 46.0 Å². The van der Waals surface area contributed by atoms with Crippen LogP contribution < -0.4 is 0 Å². The molecule has 6 nitrogen and oxygen atoms in total. The Morgan fingerprint density at radius 2 is 2.00 bits per heavy atom. The predicted octanol–water partition coefficient (Wildman–Crippen LogP) is 3.22. The summed E-state index contributed by atoms with van der Waals surface area (Å²) in [5.41, 5.74) is -1.05. The molecule has 0 amide bonds. The number of sulfonamides is 1. The molecule has 0 saturated heterocycles. The van der Waals surface area contributed by atoms with Crippen LogP contribution in [0.5, 0.6) is 0 Å². The van der Waals surface area contributed by atoms with Gasteiger partial charge in [-0.2, -0.15) is 4.31 Å². The molecule has 0 fully saturated rings. The zero-order valence-corrected chi connectivity index (χ0v) is 13.6. The first-order valence-electron chi connectivity index (χ1n) is 6.09. The van der Waals surface area contributed by atoms with Gasteiger partial charge >= 0.3 is 0 Å². The topological polar surface area (TPSA) is 80.5 Å². The Morgan fingerprint density at radius 3 is 2.43 bits per heavy atom. The number of rotatable bonds is 5. The maximum Gasteiger partial charge on any atom is 0.270 e. The highest BCUT2D eigenvalue weighted by atomic mass is 35.5. The zero-order chi connectivity index (χ0) is 16.4. The van der Waals surface area contributed by atoms with E-state index in [0.717, 1.165) is 12.1 Å². The van der Waals surface area contributed by atoms with E-state index in [0.29, 0.717) is 0 Å². The maximum absolute atomic E-state index is 12.7. The van der Waals surface area contributed by atoms with E-state index in [-0.39, 0.29) is 22.2 Å². The molecule has 0 aliphatic heterocycles. The molecule has 1 aromatic rings. The van der Waals surface area contributed by atoms with Crippen molar-refractivity contribution in [2.45, 2.75) is 31.2 Å². The van der Waals surface area contributed by atoms with Crippen molar-refractivity contribution in [3.8, 4) is 0 Å². The Balaban J connectivity index is 3.51. The third-order valence-electron chi connectivity index (χ3n) is 2.74. The van der Waals surface area contributed by atoms with E-state index >= 15 is 0 Å². The second-order valence-electron chi connectivity index (χ2n) is 5.37. The maximum atomic E-state index is 12.7. The highest BCUT2D eigenvalue weighted by Crippen LogP contribution is 2.31. The van der Waals surface area contributed by atoms with Crippen LogP contribution >= 0.6 is 11.6 Å². The van der Waals surface area contributed by atoms with Gasteiger partial charge < -0.3 is 0 Å². The quantitative estimate of drug-likeness (QED) is 0.471. The molecule has 116 valence electrons. The van der Waals surface area contributed by atoms with Gasteiger partial charge in [-0.05, 0) is 26.8 Å². The Labute approximate surface area is 129 Å². The summed E-state index contributed by atoms with van der Waals surface area (Å²) in [4.78, 5) is 9.88. The van der Waals surface area contributed by atoms with Crippen molar-refractivity contribution >= 4 is 27.3 Å². The summed E-state index contributed by atoms with van der Waals surface area (Å²) < 4.78 is 26.7. The highest BCUT2D eigenvalue weighted by Gasteiger charge is 2.35. The van der Waals surface area contributed by atoms with E-state index in [1.165, 1.54) is 16.4 Å². The van der Waals surface area contributed by atoms with Gasteiger partial charge in [0.25, 0.3) is 5.69 Å². The van der Waals surface area contributed by atoms with Crippen LogP contribution in [0.4, 0.5) is 5.69 Å². The number of hydrogen-bond donors (Lipinski definition) is 0. The summed E-state index contributed by atoms with van der Waals surface area (Å²) in [6.45, 7) is 8.78. The Kier molecular flexibility index (Phi) is 5.14. The summed E-state index contributed by atoms with van der Waals surface area (Å²) in [5.74, 6) is 0. The van der Waals surface area contributed by atoms with Crippen LogP contribution in [0.3, 0.4) is 0 Å². The summed E-state index contributed by atoms with van der Waals surface area (Å²) in [6.07, 6.45) is 1.45. The smallest absolute Gasteiger partial charge is 0.258 e. The lowest BCUT2D eigenvalue weighted by Crippen LogP contribution is -2.45. The minimum Gasteiger partial charge on any atom is -0.258 e. The first-order chi connectivity index (χ1) is 9.51. The van der Waals surface area contributed by atoms with E-state index in [9.17, 15) is 18.5 Å². The molecule has 21 heavy (non-hydrogen) atoms. The number of nitro benzene ring substituents is 1. The van der Waals surface area contributed by atoms with Crippen molar-refractivity contribution in [1.82, 2.24) is 4.31 Å². The van der Waals surface area contributed by atoms with Crippen LogP contribution in [0.25, 0.3) is 0 Å². The predicted molar refractivity (Wildman–Crippen MR) is 81.9 cm³/mol. The van der Waals surface area contributed by atoms with Gasteiger partial charge in [-0.1, -0.05) is 17.7 Å². The van der Waals surface area contributed by atoms with Crippen LogP contribution in [0.1, 0.15) is 20.8 Å². The van der Waals surface area contributed by atoms with Gasteiger partial charge in [0.15, 0.2) is 0 Å². The largest absolute Gasteiger partial charge is 0.270 e. The molecule has 0 saturated carbocycles. The van der Waals surface area contributed by atoms with Crippen LogP contribution in [0.15, 0.2) is 35.7 Å². The van der Waals surface area contributed by atoms with Crippen LogP contribution in [-0.2, 0) is 10.0 Å². The third-order valence-corrected chi connectivity index (χ3v) is 5.35. The first-order valence-corrected chi connectivity index (χ1v) is 7.91. The van der Waals surface area contributed by atoms with Crippen LogP contribution in [-0.4, -0.2) is 29.7 Å². The third kappa shape index (κ3) is 3.81. The minimum atomic E-state index is -3.98. The zero-order valence-electron chi connectivity index (χ0n) is 12.0. The fourth-order valence-electron chi connectivity index (χ4n) is 1.77. The highest BCUT2D eigenvalue weighted by molar-refractivity contribution is 7.89. The lowest BCUT2D eigenvalue weighted by atomic mass is 10.1. The van der Waals surface area contributed by atoms with Gasteiger partial charge in [0, 0.05) is 24.2 Å². The molecular weight excluding hydrogens is 316 g/mol. The number of benzene rings is 1. The van der Waals surface area contributed by atoms with Crippen molar-refractivity contribution in [2.24, 2.45) is 0 Å². The molecule has 1 aromatic carbocycles. The molecule has 0 aliphatic rings. The van der Waals surface area contributed by atoms with E-state index in [4.69, 9.17) is 11.6 Å². The minimum absolute atomic E-state index is 0.0566. The van der Waals surface area contributed by atoms with Gasteiger partial charge in [-0.3, -0.25) is 10.1 Å². The van der Waals surface area contributed by atoms with E-state index in [1.807, 2.05) is 0 Å². The normalized spacial score (nSPS) is 12.4. The molecular formula is C13H17ClN2O4S. The van der Waals surface area contributed by atoms with E-state index in [2.05, 4.69) is 6.58 Å². The molecule has 8 heteroatoms. The second-order valence-corrected chi connectivity index (χ2v) is 7.61. The summed E-state index contributed by atoms with van der Waals surface area (Å²) >= 11 is 5.93. The van der Waals surface area contributed by atoms with Gasteiger partial charge in [-0.15, -0.1) is 6.58 Å². The van der Waals surface area contributed by atoms with Crippen molar-refractivity contribution in [3.63, 3.8) is 0 Å². The molecule has 1 rings (SSSR count). The molecule has 0 unspecified atom stereocenters. The number of hydrogen-bond acceptors (Lipinski definition) is 4. The van der Waals surface area contributed by atoms with E-state index < -0.39 is 20.5 Å². The van der Waals surface area contributed by atoms with Crippen molar-refractivity contribution in [2.75, 3.05) is 6.54 Å². The van der Waals surface area contributed by atoms with Crippen LogP contribution in [0.2, 0.25) is 5.02 Å². The molecule has 0 spiro atoms. The molecule has 0 radical (unpaired) electrons. The fraction of sp³-hybridized carbons (Fsp3) is 0.385. The lowest BCUT2D eigenvalue weighted by molar-refractivity contribution is -0.385. The lowest BCUT2D eigenvalue weighted by Gasteiger charge is -2.33. The molecule has 0 bridgehead atoms. The summed E-state index contributed by atoms with van der Waals surface area (Å²) in [7, 11) is -3.98. The fourth-order valence-corrected chi connectivity index (χ4v) is 4.03. The molecule has 0 aromatic heterocycles. The average molecular weight is 333 g/mol. The summed E-state index contributed by atoms with van der Waals surface area (Å²) in [5, 5.41) is 10.8. The van der Waals surface area contributed by atoms with Crippen molar-refractivity contribution < 1.29 is 13.3 Å². The Bertz CT molecular complexity index is 665. The second kappa shape index (κ2) is 6.13. The molecule has 0 aliphatic carbocycles. The van der Waals surface area contributed by atoms with E-state index in [1.54, 1.807) is 20.8 Å². The number of nitro groups is 1.